The normalized spacial score (nSPS) is 24.5. The van der Waals surface area contributed by atoms with Crippen molar-refractivity contribution in [2.75, 3.05) is 14.2 Å². The molecule has 0 aliphatic heterocycles. The molecule has 2 atom stereocenters. The monoisotopic (exact) mass is 261 g/mol. The Hall–Kier alpha value is -1.22. The van der Waals surface area contributed by atoms with Crippen LogP contribution in [-0.4, -0.2) is 14.2 Å². The molecule has 1 aromatic rings. The van der Waals surface area contributed by atoms with E-state index < -0.39 is 5.54 Å². The lowest BCUT2D eigenvalue weighted by Gasteiger charge is -2.28. The zero-order valence-corrected chi connectivity index (χ0v) is 12.2. The van der Waals surface area contributed by atoms with Crippen LogP contribution in [0.5, 0.6) is 11.5 Å². The fourth-order valence-corrected chi connectivity index (χ4v) is 3.87. The Morgan fingerprint density at radius 3 is 2.26 bits per heavy atom. The molecule has 0 spiro atoms. The summed E-state index contributed by atoms with van der Waals surface area (Å²) in [4.78, 5) is 0. The summed E-state index contributed by atoms with van der Waals surface area (Å²) in [5, 5.41) is 0. The molecule has 1 aromatic carbocycles. The topological polar surface area (TPSA) is 44.5 Å². The van der Waals surface area contributed by atoms with Crippen molar-refractivity contribution in [3.05, 3.63) is 22.8 Å². The Bertz CT molecular complexity index is 516. The maximum Gasteiger partial charge on any atom is 0.127 e. The van der Waals surface area contributed by atoms with Gasteiger partial charge in [-0.25, -0.2) is 0 Å². The largest absolute Gasteiger partial charge is 0.496 e. The molecule has 0 aromatic heterocycles. The van der Waals surface area contributed by atoms with Crippen molar-refractivity contribution in [1.29, 1.82) is 0 Å². The second-order valence-corrected chi connectivity index (χ2v) is 6.42. The number of methoxy groups -OCH3 is 2. The summed E-state index contributed by atoms with van der Waals surface area (Å²) in [7, 11) is 3.50. The van der Waals surface area contributed by atoms with Gasteiger partial charge in [-0.05, 0) is 51.0 Å². The third kappa shape index (κ3) is 1.75. The molecule has 3 rings (SSSR count). The minimum Gasteiger partial charge on any atom is -0.496 e. The molecule has 0 amide bonds. The van der Waals surface area contributed by atoms with E-state index in [-0.39, 0.29) is 0 Å². The fourth-order valence-electron chi connectivity index (χ4n) is 3.87. The van der Waals surface area contributed by atoms with Gasteiger partial charge < -0.3 is 15.2 Å². The first-order valence-corrected chi connectivity index (χ1v) is 7.05. The second kappa shape index (κ2) is 4.14. The van der Waals surface area contributed by atoms with E-state index in [1.807, 2.05) is 13.8 Å². The van der Waals surface area contributed by atoms with E-state index in [1.165, 1.54) is 30.4 Å². The third-order valence-electron chi connectivity index (χ3n) is 4.69. The van der Waals surface area contributed by atoms with Gasteiger partial charge in [0.15, 0.2) is 0 Å². The Morgan fingerprint density at radius 1 is 1.11 bits per heavy atom. The van der Waals surface area contributed by atoms with Crippen molar-refractivity contribution in [3.63, 3.8) is 0 Å². The zero-order valence-electron chi connectivity index (χ0n) is 12.2. The highest BCUT2D eigenvalue weighted by Crippen LogP contribution is 2.60. The van der Waals surface area contributed by atoms with Crippen LogP contribution in [-0.2, 0) is 5.54 Å². The molecule has 104 valence electrons. The number of fused-ring (bicyclic) bond motifs is 5. The van der Waals surface area contributed by atoms with Gasteiger partial charge in [0.25, 0.3) is 0 Å². The van der Waals surface area contributed by atoms with Crippen LogP contribution in [0.25, 0.3) is 0 Å². The van der Waals surface area contributed by atoms with Crippen molar-refractivity contribution in [3.8, 4) is 11.5 Å². The average molecular weight is 261 g/mol. The van der Waals surface area contributed by atoms with Gasteiger partial charge in [-0.2, -0.15) is 0 Å². The first-order chi connectivity index (χ1) is 8.97. The Balaban J connectivity index is 2.28. The van der Waals surface area contributed by atoms with Crippen molar-refractivity contribution in [2.24, 2.45) is 5.73 Å². The van der Waals surface area contributed by atoms with Gasteiger partial charge in [0.2, 0.25) is 0 Å². The minimum atomic E-state index is -0.421. The molecular formula is C16H23NO2. The summed E-state index contributed by atoms with van der Waals surface area (Å²) < 4.78 is 11.4. The lowest BCUT2D eigenvalue weighted by Crippen LogP contribution is -2.30. The highest BCUT2D eigenvalue weighted by Gasteiger charge is 2.43. The summed E-state index contributed by atoms with van der Waals surface area (Å²) >= 11 is 0. The average Bonchev–Trinajstić information content (AvgIpc) is 2.97. The highest BCUT2D eigenvalue weighted by atomic mass is 16.5. The van der Waals surface area contributed by atoms with Gasteiger partial charge in [-0.3, -0.25) is 0 Å². The molecule has 0 heterocycles. The quantitative estimate of drug-likeness (QED) is 0.908. The molecule has 2 bridgehead atoms. The van der Waals surface area contributed by atoms with E-state index in [0.717, 1.165) is 17.1 Å². The minimum absolute atomic E-state index is 0.421. The lowest BCUT2D eigenvalue weighted by molar-refractivity contribution is 0.374. The van der Waals surface area contributed by atoms with Crippen LogP contribution < -0.4 is 15.2 Å². The Morgan fingerprint density at radius 2 is 1.74 bits per heavy atom. The maximum absolute atomic E-state index is 6.31. The van der Waals surface area contributed by atoms with Gasteiger partial charge in [-0.15, -0.1) is 0 Å². The molecule has 2 unspecified atom stereocenters. The summed E-state index contributed by atoms with van der Waals surface area (Å²) in [5.74, 6) is 3.27. The van der Waals surface area contributed by atoms with E-state index in [2.05, 4.69) is 6.07 Å². The van der Waals surface area contributed by atoms with Crippen LogP contribution >= 0.6 is 0 Å². The number of nitrogens with two attached hydrogens (primary N) is 1. The Kier molecular flexibility index (Phi) is 2.79. The molecule has 2 aliphatic rings. The first-order valence-electron chi connectivity index (χ1n) is 7.05. The zero-order chi connectivity index (χ0) is 13.8. The molecule has 3 heteroatoms. The Labute approximate surface area is 115 Å². The molecule has 1 fully saturated rings. The highest BCUT2D eigenvalue weighted by molar-refractivity contribution is 5.61. The van der Waals surface area contributed by atoms with E-state index in [9.17, 15) is 0 Å². The molecular weight excluding hydrogens is 238 g/mol. The summed E-state index contributed by atoms with van der Waals surface area (Å²) in [6.45, 7) is 4.04. The fraction of sp³-hybridized carbons (Fsp3) is 0.625. The van der Waals surface area contributed by atoms with Crippen LogP contribution in [0.2, 0.25) is 0 Å². The molecule has 2 aliphatic carbocycles. The van der Waals surface area contributed by atoms with E-state index in [0.29, 0.717) is 11.8 Å². The standard InChI is InChI=1S/C16H23NO2/c1-16(2,17)11-8-12(18-3)13-9-5-6-10(7-9)14(13)15(11)19-4/h8-10H,5-7,17H2,1-4H3. The van der Waals surface area contributed by atoms with E-state index in [1.54, 1.807) is 14.2 Å². The predicted molar refractivity (Wildman–Crippen MR) is 76.1 cm³/mol. The van der Waals surface area contributed by atoms with Crippen molar-refractivity contribution >= 4 is 0 Å². The molecule has 2 N–H and O–H groups in total. The molecule has 19 heavy (non-hydrogen) atoms. The van der Waals surface area contributed by atoms with Crippen molar-refractivity contribution < 1.29 is 9.47 Å². The molecule has 3 nitrogen and oxygen atoms in total. The van der Waals surface area contributed by atoms with Gasteiger partial charge in [0.1, 0.15) is 11.5 Å². The summed E-state index contributed by atoms with van der Waals surface area (Å²) in [5.41, 5.74) is 9.69. The number of rotatable bonds is 3. The van der Waals surface area contributed by atoms with Gasteiger partial charge in [0, 0.05) is 22.2 Å². The predicted octanol–water partition coefficient (Wildman–Crippen LogP) is 3.26. The number of hydrogen-bond acceptors (Lipinski definition) is 3. The second-order valence-electron chi connectivity index (χ2n) is 6.42. The molecule has 1 saturated carbocycles. The molecule has 0 saturated heterocycles. The van der Waals surface area contributed by atoms with Crippen molar-refractivity contribution in [1.82, 2.24) is 0 Å². The van der Waals surface area contributed by atoms with E-state index >= 15 is 0 Å². The van der Waals surface area contributed by atoms with Crippen molar-refractivity contribution in [2.45, 2.75) is 50.5 Å². The molecule has 0 radical (unpaired) electrons. The van der Waals surface area contributed by atoms with Gasteiger partial charge >= 0.3 is 0 Å². The first kappa shape index (κ1) is 12.8. The van der Waals surface area contributed by atoms with Crippen LogP contribution in [0.1, 0.15) is 61.6 Å². The number of hydrogen-bond donors (Lipinski definition) is 1. The smallest absolute Gasteiger partial charge is 0.127 e. The van der Waals surface area contributed by atoms with E-state index in [4.69, 9.17) is 15.2 Å². The number of ether oxygens (including phenoxy) is 2. The van der Waals surface area contributed by atoms with Crippen LogP contribution in [0, 0.1) is 0 Å². The number of benzene rings is 1. The maximum atomic E-state index is 6.31. The summed E-state index contributed by atoms with van der Waals surface area (Å²) in [6, 6.07) is 2.08. The van der Waals surface area contributed by atoms with Gasteiger partial charge in [0.05, 0.1) is 14.2 Å². The van der Waals surface area contributed by atoms with Crippen LogP contribution in [0.3, 0.4) is 0 Å². The summed E-state index contributed by atoms with van der Waals surface area (Å²) in [6.07, 6.45) is 3.80. The van der Waals surface area contributed by atoms with Crippen LogP contribution in [0.4, 0.5) is 0 Å². The lowest BCUT2D eigenvalue weighted by atomic mass is 9.84. The SMILES string of the molecule is COc1cc(C(C)(C)N)c(OC)c2c1C1CCC2C1. The van der Waals surface area contributed by atoms with Gasteiger partial charge in [-0.1, -0.05) is 0 Å². The third-order valence-corrected chi connectivity index (χ3v) is 4.69. The van der Waals surface area contributed by atoms with Crippen LogP contribution in [0.15, 0.2) is 6.07 Å².